The predicted molar refractivity (Wildman–Crippen MR) is 111 cm³/mol. The molecule has 2 N–H and O–H groups in total. The molecule has 0 aromatic heterocycles. The Morgan fingerprint density at radius 1 is 1.08 bits per heavy atom. The van der Waals surface area contributed by atoms with Crippen molar-refractivity contribution in [2.45, 2.75) is 83.8 Å². The quantitative estimate of drug-likeness (QED) is 0.488. The summed E-state index contributed by atoms with van der Waals surface area (Å²) in [4.78, 5) is 0. The molecule has 3 fully saturated rings. The fraction of sp³-hybridized carbons (Fsp3) is 0.913. The van der Waals surface area contributed by atoms with E-state index in [2.05, 4.69) is 38.6 Å². The van der Waals surface area contributed by atoms with Crippen molar-refractivity contribution in [3.8, 4) is 0 Å². The smallest absolute Gasteiger partial charge is 0.0230 e. The second kappa shape index (κ2) is 6.89. The lowest BCUT2D eigenvalue weighted by Gasteiger charge is -2.58. The molecule has 2 heteroatoms. The topological polar surface area (TPSA) is 26.0 Å². The second-order valence-corrected chi connectivity index (χ2v) is 11.5. The Kier molecular flexibility index (Phi) is 5.08. The van der Waals surface area contributed by atoms with Gasteiger partial charge >= 0.3 is 0 Å². The molecule has 0 aromatic rings. The fourth-order valence-corrected chi connectivity index (χ4v) is 8.59. The Balaban J connectivity index is 1.52. The molecule has 0 aromatic carbocycles. The molecule has 0 amide bonds. The highest BCUT2D eigenvalue weighted by Gasteiger charge is 2.57. The zero-order valence-corrected chi connectivity index (χ0v) is 17.5. The molecule has 3 saturated carbocycles. The van der Waals surface area contributed by atoms with Crippen LogP contribution >= 0.6 is 11.8 Å². The van der Waals surface area contributed by atoms with E-state index in [-0.39, 0.29) is 0 Å². The van der Waals surface area contributed by atoms with Gasteiger partial charge in [0.05, 0.1) is 0 Å². The first-order valence-corrected chi connectivity index (χ1v) is 12.1. The standard InChI is InChI=1S/C23H39NS/c1-16-5-8-20-19-7-6-17-15-18(25-14-4-13-24)9-11-23(17,3)21(19)10-12-22(16,20)2/h15-16,18-21H,4-14,24H2,1-3H3/t16-,18+,19?,20?,21?,22+,23-/m0/s1. The monoisotopic (exact) mass is 361 g/mol. The van der Waals surface area contributed by atoms with Crippen LogP contribution in [0, 0.1) is 34.5 Å². The van der Waals surface area contributed by atoms with E-state index in [1.807, 2.05) is 5.57 Å². The molecular weight excluding hydrogens is 322 g/mol. The third-order valence-electron chi connectivity index (χ3n) is 9.23. The number of rotatable bonds is 4. The van der Waals surface area contributed by atoms with Gasteiger partial charge in [-0.25, -0.2) is 0 Å². The number of hydrogen-bond donors (Lipinski definition) is 1. The molecule has 4 aliphatic rings. The summed E-state index contributed by atoms with van der Waals surface area (Å²) < 4.78 is 0. The van der Waals surface area contributed by atoms with Crippen molar-refractivity contribution in [3.05, 3.63) is 11.6 Å². The minimum absolute atomic E-state index is 0.529. The van der Waals surface area contributed by atoms with Crippen LogP contribution in [0.25, 0.3) is 0 Å². The number of fused-ring (bicyclic) bond motifs is 5. The SMILES string of the molecule is C[C@H]1CCC2C3CCC4=C[C@H](SCCCN)CC[C@]4(C)C3CC[C@@]21C. The van der Waals surface area contributed by atoms with Crippen LogP contribution in [-0.2, 0) is 0 Å². The molecule has 0 radical (unpaired) electrons. The van der Waals surface area contributed by atoms with Crippen LogP contribution in [0.1, 0.15) is 78.6 Å². The second-order valence-electron chi connectivity index (χ2n) is 10.1. The van der Waals surface area contributed by atoms with E-state index in [1.165, 1.54) is 63.5 Å². The molecule has 142 valence electrons. The molecule has 4 rings (SSSR count). The van der Waals surface area contributed by atoms with Crippen molar-refractivity contribution in [3.63, 3.8) is 0 Å². The molecule has 7 atom stereocenters. The van der Waals surface area contributed by atoms with Gasteiger partial charge in [0.15, 0.2) is 0 Å². The largest absolute Gasteiger partial charge is 0.330 e. The third-order valence-corrected chi connectivity index (χ3v) is 10.6. The van der Waals surface area contributed by atoms with Gasteiger partial charge in [-0.05, 0) is 105 Å². The van der Waals surface area contributed by atoms with Crippen molar-refractivity contribution >= 4 is 11.8 Å². The van der Waals surface area contributed by atoms with Gasteiger partial charge in [-0.1, -0.05) is 32.4 Å². The average Bonchev–Trinajstić information content (AvgIpc) is 2.90. The summed E-state index contributed by atoms with van der Waals surface area (Å²) in [6.45, 7) is 8.68. The number of allylic oxidation sites excluding steroid dienone is 1. The van der Waals surface area contributed by atoms with Crippen molar-refractivity contribution < 1.29 is 0 Å². The molecule has 0 heterocycles. The van der Waals surface area contributed by atoms with Gasteiger partial charge in [0.2, 0.25) is 0 Å². The van der Waals surface area contributed by atoms with Gasteiger partial charge in [-0.2, -0.15) is 11.8 Å². The van der Waals surface area contributed by atoms with Gasteiger partial charge in [-0.3, -0.25) is 0 Å². The molecule has 4 aliphatic carbocycles. The first kappa shape index (κ1) is 18.4. The maximum Gasteiger partial charge on any atom is 0.0230 e. The summed E-state index contributed by atoms with van der Waals surface area (Å²) in [5, 5.41) is 0.770. The average molecular weight is 362 g/mol. The number of hydrogen-bond acceptors (Lipinski definition) is 2. The van der Waals surface area contributed by atoms with E-state index < -0.39 is 0 Å². The van der Waals surface area contributed by atoms with E-state index >= 15 is 0 Å². The molecule has 0 aliphatic heterocycles. The Hall–Kier alpha value is 0.0500. The Morgan fingerprint density at radius 2 is 1.92 bits per heavy atom. The predicted octanol–water partition coefficient (Wildman–Crippen LogP) is 6.04. The zero-order valence-electron chi connectivity index (χ0n) is 16.7. The van der Waals surface area contributed by atoms with Crippen LogP contribution in [0.2, 0.25) is 0 Å². The number of nitrogens with two attached hydrogens (primary N) is 1. The normalized spacial score (nSPS) is 49.1. The molecule has 25 heavy (non-hydrogen) atoms. The summed E-state index contributed by atoms with van der Waals surface area (Å²) in [6.07, 6.45) is 15.6. The van der Waals surface area contributed by atoms with Crippen LogP contribution in [0.4, 0.5) is 0 Å². The minimum atomic E-state index is 0.529. The van der Waals surface area contributed by atoms with Crippen molar-refractivity contribution in [2.24, 2.45) is 40.2 Å². The fourth-order valence-electron chi connectivity index (χ4n) is 7.41. The first-order chi connectivity index (χ1) is 12.0. The molecule has 3 unspecified atom stereocenters. The van der Waals surface area contributed by atoms with Crippen LogP contribution in [0.5, 0.6) is 0 Å². The van der Waals surface area contributed by atoms with E-state index in [0.29, 0.717) is 10.8 Å². The third kappa shape index (κ3) is 2.94. The molecule has 0 spiro atoms. The lowest BCUT2D eigenvalue weighted by molar-refractivity contribution is -0.0484. The van der Waals surface area contributed by atoms with Gasteiger partial charge in [-0.15, -0.1) is 0 Å². The Morgan fingerprint density at radius 3 is 2.72 bits per heavy atom. The van der Waals surface area contributed by atoms with Gasteiger partial charge in [0.25, 0.3) is 0 Å². The highest BCUT2D eigenvalue weighted by atomic mass is 32.2. The first-order valence-electron chi connectivity index (χ1n) is 11.0. The zero-order chi connectivity index (χ0) is 17.7. The van der Waals surface area contributed by atoms with Gasteiger partial charge < -0.3 is 5.73 Å². The van der Waals surface area contributed by atoms with E-state index in [9.17, 15) is 0 Å². The van der Waals surface area contributed by atoms with E-state index in [1.54, 1.807) is 0 Å². The lowest BCUT2D eigenvalue weighted by Crippen LogP contribution is -2.50. The number of thioether (sulfide) groups is 1. The summed E-state index contributed by atoms with van der Waals surface area (Å²) in [5.74, 6) is 5.22. The highest BCUT2D eigenvalue weighted by molar-refractivity contribution is 8.00. The lowest BCUT2D eigenvalue weighted by atomic mass is 9.47. The summed E-state index contributed by atoms with van der Waals surface area (Å²) in [6, 6.07) is 0. The van der Waals surface area contributed by atoms with Crippen LogP contribution in [-0.4, -0.2) is 17.5 Å². The summed E-state index contributed by atoms with van der Waals surface area (Å²) >= 11 is 2.16. The van der Waals surface area contributed by atoms with E-state index in [0.717, 1.165) is 35.5 Å². The summed E-state index contributed by atoms with van der Waals surface area (Å²) in [5.41, 5.74) is 8.72. The maximum absolute atomic E-state index is 5.68. The molecule has 0 bridgehead atoms. The van der Waals surface area contributed by atoms with Gasteiger partial charge in [0, 0.05) is 5.25 Å². The molecule has 0 saturated heterocycles. The molecular formula is C23H39NS. The van der Waals surface area contributed by atoms with Crippen LogP contribution < -0.4 is 5.73 Å². The minimum Gasteiger partial charge on any atom is -0.330 e. The van der Waals surface area contributed by atoms with Crippen molar-refractivity contribution in [1.29, 1.82) is 0 Å². The maximum atomic E-state index is 5.68. The van der Waals surface area contributed by atoms with E-state index in [4.69, 9.17) is 5.73 Å². The molecule has 1 nitrogen and oxygen atoms in total. The van der Waals surface area contributed by atoms with Crippen LogP contribution in [0.3, 0.4) is 0 Å². The Labute approximate surface area is 160 Å². The Bertz CT molecular complexity index is 528. The van der Waals surface area contributed by atoms with Crippen molar-refractivity contribution in [2.75, 3.05) is 12.3 Å². The summed E-state index contributed by atoms with van der Waals surface area (Å²) in [7, 11) is 0. The van der Waals surface area contributed by atoms with Crippen molar-refractivity contribution in [1.82, 2.24) is 0 Å². The van der Waals surface area contributed by atoms with Gasteiger partial charge in [0.1, 0.15) is 0 Å². The van der Waals surface area contributed by atoms with Crippen LogP contribution in [0.15, 0.2) is 11.6 Å². The highest BCUT2D eigenvalue weighted by Crippen LogP contribution is 2.66.